The fourth-order valence-electron chi connectivity index (χ4n) is 2.50. The van der Waals surface area contributed by atoms with Gasteiger partial charge in [-0.1, -0.05) is 6.07 Å². The fourth-order valence-corrected chi connectivity index (χ4v) is 3.96. The van der Waals surface area contributed by atoms with Crippen molar-refractivity contribution in [2.24, 2.45) is 0 Å². The number of sulfonamides is 1. The molecule has 0 heterocycles. The van der Waals surface area contributed by atoms with E-state index in [1.807, 2.05) is 0 Å². The molecule has 0 spiro atoms. The maximum atomic E-state index is 12.9. The average Bonchev–Trinajstić information content (AvgIpc) is 2.61. The Balaban J connectivity index is 2.09. The third-order valence-corrected chi connectivity index (χ3v) is 5.44. The summed E-state index contributed by atoms with van der Waals surface area (Å²) >= 11 is 0. The number of nitrogens with zero attached hydrogens (tertiary/aromatic N) is 1. The Morgan fingerprint density at radius 2 is 1.69 bits per heavy atom. The zero-order valence-electron chi connectivity index (χ0n) is 16.7. The molecule has 0 atom stereocenters. The van der Waals surface area contributed by atoms with Gasteiger partial charge < -0.3 is 10.2 Å². The number of benzene rings is 2. The fraction of sp³-hybridized carbons (Fsp3) is 0.300. The molecule has 2 aromatic carbocycles. The van der Waals surface area contributed by atoms with Gasteiger partial charge in [-0.2, -0.15) is 0 Å². The number of likely N-dealkylation sites (N-methyl/N-ethyl adjacent to an activating group) is 1. The van der Waals surface area contributed by atoms with Crippen LogP contribution in [0.5, 0.6) is 0 Å². The van der Waals surface area contributed by atoms with Gasteiger partial charge in [0, 0.05) is 23.8 Å². The van der Waals surface area contributed by atoms with Crippen LogP contribution in [0.3, 0.4) is 0 Å². The number of hydrogen-bond donors (Lipinski definition) is 2. The van der Waals surface area contributed by atoms with Crippen LogP contribution in [0.15, 0.2) is 53.4 Å². The standard InChI is InChI=1S/C20H24FN3O4S/c1-20(2,3)23-29(27,28)17-7-5-6-14(12-17)19(26)24(4)13-18(25)22-16-10-8-15(21)9-11-16/h5-12,23H,13H2,1-4H3,(H,22,25). The molecular weight excluding hydrogens is 397 g/mol. The SMILES string of the molecule is CN(CC(=O)Nc1ccc(F)cc1)C(=O)c1cccc(S(=O)(=O)NC(C)(C)C)c1. The molecule has 0 saturated carbocycles. The minimum Gasteiger partial charge on any atom is -0.332 e. The Bertz CT molecular complexity index is 999. The first-order valence-electron chi connectivity index (χ1n) is 8.82. The van der Waals surface area contributed by atoms with E-state index < -0.39 is 33.2 Å². The van der Waals surface area contributed by atoms with Crippen molar-refractivity contribution in [2.45, 2.75) is 31.2 Å². The molecule has 0 aliphatic rings. The molecule has 7 nitrogen and oxygen atoms in total. The van der Waals surface area contributed by atoms with Crippen LogP contribution in [0.1, 0.15) is 31.1 Å². The van der Waals surface area contributed by atoms with Gasteiger partial charge in [0.25, 0.3) is 5.91 Å². The van der Waals surface area contributed by atoms with Gasteiger partial charge in [-0.05, 0) is 63.2 Å². The van der Waals surface area contributed by atoms with E-state index in [0.29, 0.717) is 5.69 Å². The lowest BCUT2D eigenvalue weighted by Crippen LogP contribution is -2.40. The molecule has 9 heteroatoms. The molecule has 2 rings (SSSR count). The van der Waals surface area contributed by atoms with Gasteiger partial charge in [0.15, 0.2) is 0 Å². The molecule has 0 unspecified atom stereocenters. The van der Waals surface area contributed by atoms with E-state index >= 15 is 0 Å². The molecule has 2 N–H and O–H groups in total. The normalized spacial score (nSPS) is 11.8. The van der Waals surface area contributed by atoms with Crippen LogP contribution >= 0.6 is 0 Å². The highest BCUT2D eigenvalue weighted by atomic mass is 32.2. The number of nitrogens with one attached hydrogen (secondary N) is 2. The van der Waals surface area contributed by atoms with Gasteiger partial charge in [-0.15, -0.1) is 0 Å². The van der Waals surface area contributed by atoms with Crippen molar-refractivity contribution >= 4 is 27.5 Å². The Hall–Kier alpha value is -2.78. The Morgan fingerprint density at radius 3 is 2.28 bits per heavy atom. The molecule has 156 valence electrons. The third-order valence-electron chi connectivity index (χ3n) is 3.69. The van der Waals surface area contributed by atoms with Gasteiger partial charge >= 0.3 is 0 Å². The minimum absolute atomic E-state index is 0.0394. The zero-order chi connectivity index (χ0) is 21.8. The Kier molecular flexibility index (Phi) is 6.76. The molecule has 0 radical (unpaired) electrons. The van der Waals surface area contributed by atoms with Crippen molar-refractivity contribution in [2.75, 3.05) is 18.9 Å². The molecule has 2 aromatic rings. The minimum atomic E-state index is -3.80. The highest BCUT2D eigenvalue weighted by Crippen LogP contribution is 2.16. The molecule has 0 fully saturated rings. The largest absolute Gasteiger partial charge is 0.332 e. The summed E-state index contributed by atoms with van der Waals surface area (Å²) in [6.07, 6.45) is 0. The number of hydrogen-bond acceptors (Lipinski definition) is 4. The van der Waals surface area contributed by atoms with Crippen LogP contribution in [-0.4, -0.2) is 44.3 Å². The molecular formula is C20H24FN3O4S. The van der Waals surface area contributed by atoms with Crippen LogP contribution in [0.2, 0.25) is 0 Å². The van der Waals surface area contributed by atoms with Gasteiger partial charge in [-0.25, -0.2) is 17.5 Å². The van der Waals surface area contributed by atoms with Crippen molar-refractivity contribution in [1.82, 2.24) is 9.62 Å². The molecule has 0 aliphatic heterocycles. The maximum absolute atomic E-state index is 12.9. The summed E-state index contributed by atoms with van der Waals surface area (Å²) < 4.78 is 40.4. The predicted molar refractivity (Wildman–Crippen MR) is 109 cm³/mol. The summed E-state index contributed by atoms with van der Waals surface area (Å²) in [7, 11) is -2.37. The lowest BCUT2D eigenvalue weighted by atomic mass is 10.1. The van der Waals surface area contributed by atoms with E-state index in [0.717, 1.165) is 0 Å². The van der Waals surface area contributed by atoms with E-state index in [-0.39, 0.29) is 17.0 Å². The number of rotatable bonds is 6. The summed E-state index contributed by atoms with van der Waals surface area (Å²) in [5.74, 6) is -1.40. The third kappa shape index (κ3) is 6.65. The van der Waals surface area contributed by atoms with Crippen LogP contribution in [0.4, 0.5) is 10.1 Å². The van der Waals surface area contributed by atoms with Crippen LogP contribution in [0.25, 0.3) is 0 Å². The molecule has 0 bridgehead atoms. The number of halogens is 1. The summed E-state index contributed by atoms with van der Waals surface area (Å²) in [4.78, 5) is 25.9. The van der Waals surface area contributed by atoms with E-state index in [1.54, 1.807) is 20.8 Å². The van der Waals surface area contributed by atoms with Crippen molar-refractivity contribution in [3.05, 3.63) is 59.9 Å². The average molecular weight is 421 g/mol. The maximum Gasteiger partial charge on any atom is 0.254 e. The van der Waals surface area contributed by atoms with E-state index in [1.165, 1.54) is 60.5 Å². The predicted octanol–water partition coefficient (Wildman–Crippen LogP) is 2.61. The number of carbonyl (C=O) groups is 2. The zero-order valence-corrected chi connectivity index (χ0v) is 17.5. The second-order valence-corrected chi connectivity index (χ2v) is 9.28. The van der Waals surface area contributed by atoms with Crippen molar-refractivity contribution in [1.29, 1.82) is 0 Å². The van der Waals surface area contributed by atoms with Gasteiger partial charge in [0.05, 0.1) is 11.4 Å². The quantitative estimate of drug-likeness (QED) is 0.750. The number of anilines is 1. The second kappa shape index (κ2) is 8.71. The lowest BCUT2D eigenvalue weighted by molar-refractivity contribution is -0.116. The Morgan fingerprint density at radius 1 is 1.07 bits per heavy atom. The summed E-state index contributed by atoms with van der Waals surface area (Å²) in [6.45, 7) is 4.89. The smallest absolute Gasteiger partial charge is 0.254 e. The molecule has 0 aliphatic carbocycles. The van der Waals surface area contributed by atoms with Gasteiger partial charge in [0.1, 0.15) is 5.82 Å². The lowest BCUT2D eigenvalue weighted by Gasteiger charge is -2.21. The van der Waals surface area contributed by atoms with E-state index in [2.05, 4.69) is 10.0 Å². The topological polar surface area (TPSA) is 95.6 Å². The van der Waals surface area contributed by atoms with Gasteiger partial charge in [0.2, 0.25) is 15.9 Å². The van der Waals surface area contributed by atoms with Crippen LogP contribution in [-0.2, 0) is 14.8 Å². The number of carbonyl (C=O) groups excluding carboxylic acids is 2. The first-order valence-corrected chi connectivity index (χ1v) is 10.3. The van der Waals surface area contributed by atoms with Crippen molar-refractivity contribution in [3.63, 3.8) is 0 Å². The highest BCUT2D eigenvalue weighted by molar-refractivity contribution is 7.89. The van der Waals surface area contributed by atoms with Crippen LogP contribution in [0, 0.1) is 5.82 Å². The van der Waals surface area contributed by atoms with Crippen molar-refractivity contribution < 1.29 is 22.4 Å². The van der Waals surface area contributed by atoms with Crippen molar-refractivity contribution in [3.8, 4) is 0 Å². The molecule has 0 aromatic heterocycles. The van der Waals surface area contributed by atoms with Crippen LogP contribution < -0.4 is 10.0 Å². The summed E-state index contributed by atoms with van der Waals surface area (Å²) in [5.41, 5.74) is -0.133. The first-order chi connectivity index (χ1) is 13.4. The van der Waals surface area contributed by atoms with E-state index in [9.17, 15) is 22.4 Å². The summed E-state index contributed by atoms with van der Waals surface area (Å²) in [5, 5.41) is 2.56. The summed E-state index contributed by atoms with van der Waals surface area (Å²) in [6, 6.07) is 10.8. The first kappa shape index (κ1) is 22.5. The van der Waals surface area contributed by atoms with E-state index in [4.69, 9.17) is 0 Å². The molecule has 2 amide bonds. The Labute approximate surface area is 170 Å². The number of amides is 2. The monoisotopic (exact) mass is 421 g/mol. The van der Waals surface area contributed by atoms with Gasteiger partial charge in [-0.3, -0.25) is 9.59 Å². The second-order valence-electron chi connectivity index (χ2n) is 7.60. The highest BCUT2D eigenvalue weighted by Gasteiger charge is 2.23. The molecule has 0 saturated heterocycles. The molecule has 29 heavy (non-hydrogen) atoms.